The van der Waals surface area contributed by atoms with Crippen LogP contribution in [0.1, 0.15) is 43.5 Å². The molecule has 18 heavy (non-hydrogen) atoms. The summed E-state index contributed by atoms with van der Waals surface area (Å²) in [4.78, 5) is 11.7. The fourth-order valence-electron chi connectivity index (χ4n) is 2.16. The number of hydrogen-bond donors (Lipinski definition) is 1. The highest BCUT2D eigenvalue weighted by Crippen LogP contribution is 2.21. The minimum Gasteiger partial charge on any atom is -0.468 e. The molecule has 0 aliphatic carbocycles. The molecule has 0 saturated heterocycles. The molecule has 1 unspecified atom stereocenters. The van der Waals surface area contributed by atoms with Gasteiger partial charge in [0.05, 0.1) is 7.11 Å². The Bertz CT molecular complexity index is 438. The van der Waals surface area contributed by atoms with Crippen LogP contribution in [0, 0.1) is 13.8 Å². The lowest BCUT2D eigenvalue weighted by Crippen LogP contribution is -2.48. The standard InChI is InChI=1S/C15H23NO2/c1-10-7-8-11(2)13(9-10)12(3)16-15(4,5)14(17)18-6/h7-9,12,16H,1-6H3. The largest absolute Gasteiger partial charge is 0.468 e. The van der Waals surface area contributed by atoms with Gasteiger partial charge in [0.25, 0.3) is 0 Å². The highest BCUT2D eigenvalue weighted by atomic mass is 16.5. The fourth-order valence-corrected chi connectivity index (χ4v) is 2.16. The summed E-state index contributed by atoms with van der Waals surface area (Å²) < 4.78 is 4.80. The van der Waals surface area contributed by atoms with E-state index in [9.17, 15) is 4.79 Å². The van der Waals surface area contributed by atoms with Crippen molar-refractivity contribution in [2.45, 2.75) is 46.2 Å². The first kappa shape index (κ1) is 14.7. The van der Waals surface area contributed by atoms with Crippen molar-refractivity contribution in [2.75, 3.05) is 7.11 Å². The molecule has 0 saturated carbocycles. The number of benzene rings is 1. The van der Waals surface area contributed by atoms with Gasteiger partial charge in [-0.25, -0.2) is 0 Å². The number of methoxy groups -OCH3 is 1. The van der Waals surface area contributed by atoms with E-state index in [0.29, 0.717) is 0 Å². The molecule has 0 spiro atoms. The highest BCUT2D eigenvalue weighted by molar-refractivity contribution is 5.79. The number of esters is 1. The number of ether oxygens (including phenoxy) is 1. The minimum absolute atomic E-state index is 0.0963. The SMILES string of the molecule is COC(=O)C(C)(C)NC(C)c1cc(C)ccc1C. The maximum absolute atomic E-state index is 11.7. The number of rotatable bonds is 4. The Morgan fingerprint density at radius 2 is 1.94 bits per heavy atom. The third-order valence-electron chi connectivity index (χ3n) is 3.17. The second-order valence-corrected chi connectivity index (χ2v) is 5.34. The van der Waals surface area contributed by atoms with Crippen molar-refractivity contribution in [3.8, 4) is 0 Å². The van der Waals surface area contributed by atoms with Gasteiger partial charge in [-0.15, -0.1) is 0 Å². The number of carbonyl (C=O) groups excluding carboxylic acids is 1. The first-order valence-electron chi connectivity index (χ1n) is 6.21. The predicted octanol–water partition coefficient (Wildman–Crippen LogP) is 2.91. The first-order chi connectivity index (χ1) is 8.27. The quantitative estimate of drug-likeness (QED) is 0.834. The molecular weight excluding hydrogens is 226 g/mol. The van der Waals surface area contributed by atoms with Crippen molar-refractivity contribution in [1.29, 1.82) is 0 Å². The second kappa shape index (κ2) is 5.53. The van der Waals surface area contributed by atoms with Gasteiger partial charge in [-0.2, -0.15) is 0 Å². The van der Waals surface area contributed by atoms with Crippen molar-refractivity contribution in [2.24, 2.45) is 0 Å². The van der Waals surface area contributed by atoms with Crippen molar-refractivity contribution >= 4 is 5.97 Å². The Morgan fingerprint density at radius 1 is 1.33 bits per heavy atom. The van der Waals surface area contributed by atoms with E-state index in [0.717, 1.165) is 0 Å². The summed E-state index contributed by atoms with van der Waals surface area (Å²) in [6, 6.07) is 6.45. The van der Waals surface area contributed by atoms with Crippen LogP contribution in [0.5, 0.6) is 0 Å². The van der Waals surface area contributed by atoms with Gasteiger partial charge in [-0.05, 0) is 45.7 Å². The van der Waals surface area contributed by atoms with Crippen molar-refractivity contribution in [1.82, 2.24) is 5.32 Å². The van der Waals surface area contributed by atoms with Gasteiger partial charge >= 0.3 is 5.97 Å². The van der Waals surface area contributed by atoms with Gasteiger partial charge in [0.1, 0.15) is 5.54 Å². The zero-order valence-corrected chi connectivity index (χ0v) is 12.1. The Kier molecular flexibility index (Phi) is 4.52. The maximum Gasteiger partial charge on any atom is 0.325 e. The topological polar surface area (TPSA) is 38.3 Å². The molecule has 3 nitrogen and oxygen atoms in total. The predicted molar refractivity (Wildman–Crippen MR) is 73.6 cm³/mol. The van der Waals surface area contributed by atoms with E-state index in [1.165, 1.54) is 23.8 Å². The molecule has 0 amide bonds. The number of aryl methyl sites for hydroxylation is 2. The van der Waals surface area contributed by atoms with Crippen LogP contribution < -0.4 is 5.32 Å². The molecular formula is C15H23NO2. The molecule has 0 aliphatic heterocycles. The van der Waals surface area contributed by atoms with Gasteiger partial charge in [-0.1, -0.05) is 23.8 Å². The first-order valence-corrected chi connectivity index (χ1v) is 6.21. The molecule has 1 N–H and O–H groups in total. The molecule has 1 rings (SSSR count). The average Bonchev–Trinajstić information content (AvgIpc) is 2.30. The van der Waals surface area contributed by atoms with E-state index >= 15 is 0 Å². The molecule has 0 aromatic heterocycles. The van der Waals surface area contributed by atoms with E-state index in [2.05, 4.69) is 44.3 Å². The minimum atomic E-state index is -0.690. The van der Waals surface area contributed by atoms with E-state index in [1.807, 2.05) is 13.8 Å². The molecule has 0 aliphatic rings. The maximum atomic E-state index is 11.7. The van der Waals surface area contributed by atoms with Crippen LogP contribution in [0.4, 0.5) is 0 Å². The van der Waals surface area contributed by atoms with Crippen LogP contribution in [-0.2, 0) is 9.53 Å². The molecule has 0 heterocycles. The van der Waals surface area contributed by atoms with Crippen molar-refractivity contribution in [3.05, 3.63) is 34.9 Å². The van der Waals surface area contributed by atoms with Crippen LogP contribution in [0.25, 0.3) is 0 Å². The summed E-state index contributed by atoms with van der Waals surface area (Å²) in [5.74, 6) is -0.250. The number of nitrogens with one attached hydrogen (secondary N) is 1. The third kappa shape index (κ3) is 3.33. The molecule has 0 bridgehead atoms. The van der Waals surface area contributed by atoms with E-state index < -0.39 is 5.54 Å². The van der Waals surface area contributed by atoms with E-state index in [-0.39, 0.29) is 12.0 Å². The summed E-state index contributed by atoms with van der Waals surface area (Å²) in [6.45, 7) is 9.88. The Morgan fingerprint density at radius 3 is 2.50 bits per heavy atom. The molecule has 1 atom stereocenters. The summed E-state index contributed by atoms with van der Waals surface area (Å²) in [5.41, 5.74) is 2.97. The van der Waals surface area contributed by atoms with E-state index in [1.54, 1.807) is 0 Å². The average molecular weight is 249 g/mol. The summed E-state index contributed by atoms with van der Waals surface area (Å²) in [5, 5.41) is 3.32. The summed E-state index contributed by atoms with van der Waals surface area (Å²) >= 11 is 0. The lowest BCUT2D eigenvalue weighted by Gasteiger charge is -2.28. The van der Waals surface area contributed by atoms with Crippen LogP contribution in [-0.4, -0.2) is 18.6 Å². The van der Waals surface area contributed by atoms with Gasteiger partial charge in [-0.3, -0.25) is 10.1 Å². The smallest absolute Gasteiger partial charge is 0.325 e. The molecule has 0 radical (unpaired) electrons. The summed E-state index contributed by atoms with van der Waals surface area (Å²) in [7, 11) is 1.41. The fraction of sp³-hybridized carbons (Fsp3) is 0.533. The van der Waals surface area contributed by atoms with Crippen LogP contribution in [0.3, 0.4) is 0 Å². The summed E-state index contributed by atoms with van der Waals surface area (Å²) in [6.07, 6.45) is 0. The zero-order chi connectivity index (χ0) is 13.9. The van der Waals surface area contributed by atoms with Crippen LogP contribution in [0.15, 0.2) is 18.2 Å². The van der Waals surface area contributed by atoms with Crippen molar-refractivity contribution in [3.63, 3.8) is 0 Å². The monoisotopic (exact) mass is 249 g/mol. The van der Waals surface area contributed by atoms with Crippen molar-refractivity contribution < 1.29 is 9.53 Å². The Balaban J connectivity index is 2.91. The van der Waals surface area contributed by atoms with Gasteiger partial charge in [0.2, 0.25) is 0 Å². The highest BCUT2D eigenvalue weighted by Gasteiger charge is 2.30. The van der Waals surface area contributed by atoms with E-state index in [4.69, 9.17) is 4.74 Å². The van der Waals surface area contributed by atoms with Gasteiger partial charge in [0.15, 0.2) is 0 Å². The van der Waals surface area contributed by atoms with Crippen LogP contribution in [0.2, 0.25) is 0 Å². The molecule has 3 heteroatoms. The molecule has 1 aromatic carbocycles. The number of hydrogen-bond acceptors (Lipinski definition) is 3. The van der Waals surface area contributed by atoms with Crippen LogP contribution >= 0.6 is 0 Å². The Labute approximate surface area is 110 Å². The second-order valence-electron chi connectivity index (χ2n) is 5.34. The molecule has 0 fully saturated rings. The normalized spacial score (nSPS) is 13.2. The van der Waals surface area contributed by atoms with Gasteiger partial charge < -0.3 is 4.74 Å². The third-order valence-corrected chi connectivity index (χ3v) is 3.17. The number of carbonyl (C=O) groups is 1. The Hall–Kier alpha value is -1.35. The molecule has 100 valence electrons. The lowest BCUT2D eigenvalue weighted by atomic mass is 9.96. The zero-order valence-electron chi connectivity index (χ0n) is 12.1. The molecule has 1 aromatic rings. The lowest BCUT2D eigenvalue weighted by molar-refractivity contribution is -0.147. The van der Waals surface area contributed by atoms with Gasteiger partial charge in [0, 0.05) is 6.04 Å².